The molecule has 2 aliphatic carbocycles. The van der Waals surface area contributed by atoms with Crippen LogP contribution in [0.25, 0.3) is 0 Å². The van der Waals surface area contributed by atoms with Crippen molar-refractivity contribution in [3.63, 3.8) is 0 Å². The Morgan fingerprint density at radius 3 is 3.15 bits per heavy atom. The van der Waals surface area contributed by atoms with Crippen molar-refractivity contribution < 1.29 is 9.53 Å². The van der Waals surface area contributed by atoms with Crippen molar-refractivity contribution in [2.24, 2.45) is 17.8 Å². The van der Waals surface area contributed by atoms with Crippen molar-refractivity contribution in [1.82, 2.24) is 0 Å². The minimum atomic E-state index is -0.0359. The highest BCUT2D eigenvalue weighted by molar-refractivity contribution is 5.92. The Kier molecular flexibility index (Phi) is 1.38. The zero-order valence-electron chi connectivity index (χ0n) is 7.82. The summed E-state index contributed by atoms with van der Waals surface area (Å²) in [5.74, 6) is 1.72. The van der Waals surface area contributed by atoms with Crippen LogP contribution in [-0.4, -0.2) is 12.1 Å². The molecular weight excluding hydrogens is 164 g/mol. The second-order valence-electron chi connectivity index (χ2n) is 4.64. The number of carbonyl (C=O) groups is 1. The van der Waals surface area contributed by atoms with Gasteiger partial charge in [-0.05, 0) is 31.1 Å². The van der Waals surface area contributed by atoms with E-state index in [2.05, 4.69) is 13.0 Å². The van der Waals surface area contributed by atoms with E-state index in [-0.39, 0.29) is 12.1 Å². The first kappa shape index (κ1) is 7.60. The molecule has 1 aliphatic heterocycles. The SMILES string of the molecule is C[C@@H]1C=C2C(=O)O[C@@H]3CC[C@H](C1)[C@@H]23. The first-order chi connectivity index (χ1) is 6.25. The average molecular weight is 178 g/mol. The van der Waals surface area contributed by atoms with Gasteiger partial charge in [-0.1, -0.05) is 13.0 Å². The first-order valence-electron chi connectivity index (χ1n) is 5.18. The maximum atomic E-state index is 11.5. The summed E-state index contributed by atoms with van der Waals surface area (Å²) < 4.78 is 5.34. The van der Waals surface area contributed by atoms with E-state index in [9.17, 15) is 4.79 Å². The molecule has 0 aromatic rings. The van der Waals surface area contributed by atoms with Crippen molar-refractivity contribution in [2.45, 2.75) is 32.3 Å². The summed E-state index contributed by atoms with van der Waals surface area (Å²) in [5.41, 5.74) is 0.992. The van der Waals surface area contributed by atoms with Crippen LogP contribution in [0, 0.1) is 17.8 Å². The molecule has 0 unspecified atom stereocenters. The quantitative estimate of drug-likeness (QED) is 0.529. The van der Waals surface area contributed by atoms with E-state index in [4.69, 9.17) is 4.74 Å². The van der Waals surface area contributed by atoms with Crippen LogP contribution < -0.4 is 0 Å². The first-order valence-corrected chi connectivity index (χ1v) is 5.18. The molecule has 0 N–H and O–H groups in total. The molecule has 1 saturated heterocycles. The summed E-state index contributed by atoms with van der Waals surface area (Å²) >= 11 is 0. The van der Waals surface area contributed by atoms with Crippen LogP contribution in [0.4, 0.5) is 0 Å². The zero-order valence-corrected chi connectivity index (χ0v) is 7.82. The van der Waals surface area contributed by atoms with E-state index < -0.39 is 0 Å². The molecule has 0 bridgehead atoms. The van der Waals surface area contributed by atoms with Crippen molar-refractivity contribution >= 4 is 5.97 Å². The third kappa shape index (κ3) is 0.917. The predicted octanol–water partition coefficient (Wildman–Crippen LogP) is 1.90. The van der Waals surface area contributed by atoms with Gasteiger partial charge in [-0.3, -0.25) is 0 Å². The molecule has 3 aliphatic rings. The Labute approximate surface area is 78.0 Å². The van der Waals surface area contributed by atoms with Crippen molar-refractivity contribution in [3.8, 4) is 0 Å². The molecule has 0 radical (unpaired) electrons. The molecule has 13 heavy (non-hydrogen) atoms. The molecule has 4 atom stereocenters. The number of hydrogen-bond donors (Lipinski definition) is 0. The van der Waals surface area contributed by atoms with E-state index >= 15 is 0 Å². The van der Waals surface area contributed by atoms with Gasteiger partial charge in [-0.25, -0.2) is 4.79 Å². The van der Waals surface area contributed by atoms with Gasteiger partial charge in [-0.15, -0.1) is 0 Å². The van der Waals surface area contributed by atoms with Crippen molar-refractivity contribution in [1.29, 1.82) is 0 Å². The van der Waals surface area contributed by atoms with Crippen LogP contribution in [0.2, 0.25) is 0 Å². The average Bonchev–Trinajstić information content (AvgIpc) is 2.59. The predicted molar refractivity (Wildman–Crippen MR) is 48.0 cm³/mol. The molecule has 0 aromatic carbocycles. The highest BCUT2D eigenvalue weighted by Crippen LogP contribution is 2.49. The third-order valence-electron chi connectivity index (χ3n) is 3.72. The monoisotopic (exact) mass is 178 g/mol. The zero-order chi connectivity index (χ0) is 9.00. The largest absolute Gasteiger partial charge is 0.458 e. The highest BCUT2D eigenvalue weighted by Gasteiger charge is 2.50. The van der Waals surface area contributed by atoms with E-state index in [0.29, 0.717) is 11.8 Å². The van der Waals surface area contributed by atoms with Crippen LogP contribution in [-0.2, 0) is 9.53 Å². The third-order valence-corrected chi connectivity index (χ3v) is 3.72. The number of rotatable bonds is 0. The summed E-state index contributed by atoms with van der Waals surface area (Å²) in [6.45, 7) is 2.20. The Morgan fingerprint density at radius 2 is 2.31 bits per heavy atom. The summed E-state index contributed by atoms with van der Waals surface area (Å²) in [6.07, 6.45) is 5.96. The molecule has 2 nitrogen and oxygen atoms in total. The van der Waals surface area contributed by atoms with Gasteiger partial charge in [-0.2, -0.15) is 0 Å². The lowest BCUT2D eigenvalue weighted by Crippen LogP contribution is -2.21. The number of esters is 1. The fourth-order valence-corrected chi connectivity index (χ4v) is 3.26. The van der Waals surface area contributed by atoms with Gasteiger partial charge in [0.25, 0.3) is 0 Å². The second kappa shape index (κ2) is 2.37. The van der Waals surface area contributed by atoms with Crippen LogP contribution in [0.1, 0.15) is 26.2 Å². The van der Waals surface area contributed by atoms with Crippen LogP contribution >= 0.6 is 0 Å². The maximum absolute atomic E-state index is 11.5. The topological polar surface area (TPSA) is 26.3 Å². The van der Waals surface area contributed by atoms with Crippen molar-refractivity contribution in [2.75, 3.05) is 0 Å². The standard InChI is InChI=1S/C11H14O2/c1-6-4-7-2-3-9-10(7)8(5-6)11(12)13-9/h5-7,9-10H,2-4H2,1H3/t6-,7+,9+,10-/m0/s1. The number of allylic oxidation sites excluding steroid dienone is 1. The molecule has 70 valence electrons. The molecule has 0 amide bonds. The summed E-state index contributed by atoms with van der Waals surface area (Å²) in [6, 6.07) is 0. The molecule has 2 heteroatoms. The van der Waals surface area contributed by atoms with Gasteiger partial charge in [0.05, 0.1) is 0 Å². The lowest BCUT2D eigenvalue weighted by molar-refractivity contribution is -0.138. The van der Waals surface area contributed by atoms with Gasteiger partial charge in [0.2, 0.25) is 0 Å². The van der Waals surface area contributed by atoms with Gasteiger partial charge in [0, 0.05) is 11.5 Å². The van der Waals surface area contributed by atoms with Crippen LogP contribution in [0.3, 0.4) is 0 Å². The normalized spacial score (nSPS) is 47.2. The Hall–Kier alpha value is -0.790. The molecule has 3 rings (SSSR count). The number of hydrogen-bond acceptors (Lipinski definition) is 2. The minimum Gasteiger partial charge on any atom is -0.458 e. The van der Waals surface area contributed by atoms with E-state index in [1.807, 2.05) is 0 Å². The summed E-state index contributed by atoms with van der Waals surface area (Å²) in [4.78, 5) is 11.5. The van der Waals surface area contributed by atoms with E-state index in [1.165, 1.54) is 12.8 Å². The lowest BCUT2D eigenvalue weighted by atomic mass is 9.77. The Balaban J connectivity index is 2.05. The minimum absolute atomic E-state index is 0.0359. The molecule has 0 spiro atoms. The smallest absolute Gasteiger partial charge is 0.334 e. The number of ether oxygens (including phenoxy) is 1. The highest BCUT2D eigenvalue weighted by atomic mass is 16.6. The molecule has 2 fully saturated rings. The summed E-state index contributed by atoms with van der Waals surface area (Å²) in [7, 11) is 0. The summed E-state index contributed by atoms with van der Waals surface area (Å²) in [5, 5.41) is 0. The van der Waals surface area contributed by atoms with Gasteiger partial charge < -0.3 is 4.74 Å². The fraction of sp³-hybridized carbons (Fsp3) is 0.727. The molecular formula is C11H14O2. The van der Waals surface area contributed by atoms with Gasteiger partial charge in [0.1, 0.15) is 6.10 Å². The molecule has 1 heterocycles. The van der Waals surface area contributed by atoms with E-state index in [1.54, 1.807) is 0 Å². The fourth-order valence-electron chi connectivity index (χ4n) is 3.26. The van der Waals surface area contributed by atoms with Crippen molar-refractivity contribution in [3.05, 3.63) is 11.6 Å². The maximum Gasteiger partial charge on any atom is 0.334 e. The van der Waals surface area contributed by atoms with Gasteiger partial charge in [0.15, 0.2) is 0 Å². The Bertz CT molecular complexity index is 292. The van der Waals surface area contributed by atoms with E-state index in [0.717, 1.165) is 17.9 Å². The number of carbonyl (C=O) groups excluding carboxylic acids is 1. The molecule has 0 aromatic heterocycles. The van der Waals surface area contributed by atoms with Crippen LogP contribution in [0.5, 0.6) is 0 Å². The lowest BCUT2D eigenvalue weighted by Gasteiger charge is -2.25. The Morgan fingerprint density at radius 1 is 1.46 bits per heavy atom. The van der Waals surface area contributed by atoms with Crippen LogP contribution in [0.15, 0.2) is 11.6 Å². The second-order valence-corrected chi connectivity index (χ2v) is 4.64. The molecule has 1 saturated carbocycles. The van der Waals surface area contributed by atoms with Gasteiger partial charge >= 0.3 is 5.97 Å².